The Morgan fingerprint density at radius 1 is 0.698 bits per heavy atom. The number of para-hydroxylation sites is 1. The number of hydroxylamine groups is 2. The average molecular weight is 600 g/mol. The van der Waals surface area contributed by atoms with Gasteiger partial charge in [0.15, 0.2) is 0 Å². The highest BCUT2D eigenvalue weighted by Gasteiger charge is 2.60. The van der Waals surface area contributed by atoms with Crippen LogP contribution in [0.15, 0.2) is 42.5 Å². The second kappa shape index (κ2) is 14.5. The third kappa shape index (κ3) is 7.52. The number of carbonyl (C=O) groups is 5. The second-order valence-electron chi connectivity index (χ2n) is 10.8. The highest BCUT2D eigenvalue weighted by molar-refractivity contribution is 6.06. The summed E-state index contributed by atoms with van der Waals surface area (Å²) in [6, 6.07) is 10.1. The fraction of sp³-hybridized carbons (Fsp3) is 0.567. The molecule has 0 aromatic heterocycles. The molecule has 2 aliphatic carbocycles. The van der Waals surface area contributed by atoms with Gasteiger partial charge in [-0.15, -0.1) is 5.06 Å². The molecule has 1 aromatic carbocycles. The molecule has 3 fully saturated rings. The van der Waals surface area contributed by atoms with Gasteiger partial charge in [-0.05, 0) is 30.4 Å². The summed E-state index contributed by atoms with van der Waals surface area (Å²) in [4.78, 5) is 70.3. The first-order chi connectivity index (χ1) is 20.9. The van der Waals surface area contributed by atoms with E-state index in [1.54, 1.807) is 4.90 Å². The van der Waals surface area contributed by atoms with Gasteiger partial charge in [0, 0.05) is 31.9 Å². The number of rotatable bonds is 14. The van der Waals surface area contributed by atoms with Gasteiger partial charge in [0.2, 0.25) is 0 Å². The minimum absolute atomic E-state index is 0.00867. The molecule has 2 saturated heterocycles. The number of allylic oxidation sites excluding steroid dienone is 2. The summed E-state index contributed by atoms with van der Waals surface area (Å²) < 4.78 is 21.1. The Balaban J connectivity index is 0.829. The Morgan fingerprint density at radius 2 is 1.26 bits per heavy atom. The zero-order valence-electron chi connectivity index (χ0n) is 24.0. The van der Waals surface area contributed by atoms with Crippen molar-refractivity contribution in [2.24, 2.45) is 23.7 Å². The van der Waals surface area contributed by atoms with Crippen molar-refractivity contribution in [2.45, 2.75) is 19.3 Å². The SMILES string of the molecule is O=C(CCC(=O)ON1C(=O)[C@@H]2[C@H](C1=O)[C@@H]1C=C[C@H]2C1)OCCOCCOCCOC(=O)N1CCN(c2ccccc2)CC1. The topological polar surface area (TPSA) is 141 Å². The van der Waals surface area contributed by atoms with Gasteiger partial charge in [-0.3, -0.25) is 14.4 Å². The number of anilines is 1. The fourth-order valence-corrected chi connectivity index (χ4v) is 5.99. The molecule has 13 nitrogen and oxygen atoms in total. The first kappa shape index (κ1) is 30.5. The Hall–Kier alpha value is -3.97. The molecule has 0 N–H and O–H groups in total. The number of ether oxygens (including phenoxy) is 4. The predicted octanol–water partition coefficient (Wildman–Crippen LogP) is 1.57. The normalized spacial score (nSPS) is 24.0. The molecule has 13 heteroatoms. The largest absolute Gasteiger partial charge is 0.463 e. The minimum Gasteiger partial charge on any atom is -0.463 e. The van der Waals surface area contributed by atoms with Crippen molar-refractivity contribution in [3.05, 3.63) is 42.5 Å². The van der Waals surface area contributed by atoms with E-state index in [1.165, 1.54) is 0 Å². The summed E-state index contributed by atoms with van der Waals surface area (Å²) in [6.45, 7) is 3.72. The summed E-state index contributed by atoms with van der Waals surface area (Å²) in [6.07, 6.45) is 3.75. The molecule has 1 aromatic rings. The van der Waals surface area contributed by atoms with Crippen LogP contribution in [-0.2, 0) is 43.0 Å². The average Bonchev–Trinajstić information content (AvgIpc) is 3.72. The number of hydrogen-bond acceptors (Lipinski definition) is 11. The number of nitrogens with zero attached hydrogens (tertiary/aromatic N) is 3. The lowest BCUT2D eigenvalue weighted by molar-refractivity contribution is -0.199. The molecule has 0 unspecified atom stereocenters. The number of fused-ring (bicyclic) bond motifs is 5. The molecule has 0 spiro atoms. The maximum absolute atomic E-state index is 12.6. The monoisotopic (exact) mass is 599 g/mol. The summed E-state index contributed by atoms with van der Waals surface area (Å²) in [5.41, 5.74) is 1.14. The summed E-state index contributed by atoms with van der Waals surface area (Å²) in [5.74, 6) is -3.33. The molecule has 2 heterocycles. The van der Waals surface area contributed by atoms with Crippen molar-refractivity contribution in [1.29, 1.82) is 0 Å². The molecule has 0 radical (unpaired) electrons. The van der Waals surface area contributed by atoms with E-state index in [0.717, 1.165) is 25.2 Å². The summed E-state index contributed by atoms with van der Waals surface area (Å²) in [7, 11) is 0. The van der Waals surface area contributed by atoms with Crippen LogP contribution in [0.1, 0.15) is 19.3 Å². The van der Waals surface area contributed by atoms with Gasteiger partial charge in [0.25, 0.3) is 11.8 Å². The van der Waals surface area contributed by atoms with Gasteiger partial charge in [0.1, 0.15) is 13.2 Å². The van der Waals surface area contributed by atoms with E-state index in [-0.39, 0.29) is 70.4 Å². The van der Waals surface area contributed by atoms with Crippen LogP contribution in [0.3, 0.4) is 0 Å². The summed E-state index contributed by atoms with van der Waals surface area (Å²) >= 11 is 0. The number of carbonyl (C=O) groups excluding carboxylic acids is 5. The number of benzene rings is 1. The van der Waals surface area contributed by atoms with Crippen molar-refractivity contribution < 1.29 is 47.8 Å². The molecule has 1 saturated carbocycles. The maximum atomic E-state index is 12.6. The lowest BCUT2D eigenvalue weighted by Gasteiger charge is -2.35. The molecule has 5 rings (SSSR count). The van der Waals surface area contributed by atoms with Crippen molar-refractivity contribution in [1.82, 2.24) is 9.96 Å². The van der Waals surface area contributed by atoms with Crippen LogP contribution in [0.4, 0.5) is 10.5 Å². The molecular formula is C30H37N3O10. The smallest absolute Gasteiger partial charge is 0.409 e. The van der Waals surface area contributed by atoms with Gasteiger partial charge in [-0.25, -0.2) is 9.59 Å². The zero-order valence-corrected chi connectivity index (χ0v) is 24.0. The Bertz CT molecular complexity index is 1170. The lowest BCUT2D eigenvalue weighted by Crippen LogP contribution is -2.49. The van der Waals surface area contributed by atoms with Crippen molar-refractivity contribution in [3.8, 4) is 0 Å². The van der Waals surface area contributed by atoms with Gasteiger partial charge in [0.05, 0.1) is 51.1 Å². The number of piperazine rings is 1. The van der Waals surface area contributed by atoms with Crippen molar-refractivity contribution in [2.75, 3.05) is 70.7 Å². The molecule has 3 amide bonds. The lowest BCUT2D eigenvalue weighted by atomic mass is 9.85. The van der Waals surface area contributed by atoms with E-state index >= 15 is 0 Å². The molecule has 43 heavy (non-hydrogen) atoms. The van der Waals surface area contributed by atoms with Gasteiger partial charge >= 0.3 is 18.0 Å². The number of esters is 1. The number of amides is 3. The van der Waals surface area contributed by atoms with Crippen LogP contribution in [0, 0.1) is 23.7 Å². The Labute approximate surface area is 249 Å². The van der Waals surface area contributed by atoms with Gasteiger partial charge in [-0.2, -0.15) is 0 Å². The first-order valence-electron chi connectivity index (χ1n) is 14.7. The van der Waals surface area contributed by atoms with Crippen LogP contribution in [0.2, 0.25) is 0 Å². The van der Waals surface area contributed by atoms with Crippen LogP contribution < -0.4 is 4.90 Å². The molecule has 2 aliphatic heterocycles. The fourth-order valence-electron chi connectivity index (χ4n) is 5.99. The standard InChI is InChI=1S/C30H37N3O10/c34-24(8-9-25(35)43-33-28(36)26-21-6-7-22(20-21)27(26)29(33)37)41-18-16-39-14-15-40-17-19-42-30(38)32-12-10-31(11-13-32)23-4-2-1-3-5-23/h1-7,21-22,26-27H,8-20H2/t21-,22+,26-,27+. The van der Waals surface area contributed by atoms with E-state index < -0.39 is 35.6 Å². The van der Waals surface area contributed by atoms with E-state index in [2.05, 4.69) is 17.0 Å². The molecule has 4 atom stereocenters. The van der Waals surface area contributed by atoms with Crippen LogP contribution in [-0.4, -0.2) is 106 Å². The van der Waals surface area contributed by atoms with Crippen molar-refractivity contribution >= 4 is 35.5 Å². The molecule has 232 valence electrons. The van der Waals surface area contributed by atoms with E-state index in [1.807, 2.05) is 30.4 Å². The van der Waals surface area contributed by atoms with Crippen molar-refractivity contribution in [3.63, 3.8) is 0 Å². The number of hydrogen-bond donors (Lipinski definition) is 0. The molecule has 2 bridgehead atoms. The van der Waals surface area contributed by atoms with Gasteiger partial charge < -0.3 is 33.6 Å². The molecule has 4 aliphatic rings. The Morgan fingerprint density at radius 3 is 1.88 bits per heavy atom. The molecular weight excluding hydrogens is 562 g/mol. The zero-order chi connectivity index (χ0) is 30.2. The highest BCUT2D eigenvalue weighted by atomic mass is 16.7. The van der Waals surface area contributed by atoms with E-state index in [9.17, 15) is 24.0 Å². The second-order valence-corrected chi connectivity index (χ2v) is 10.8. The quantitative estimate of drug-likeness (QED) is 0.133. The van der Waals surface area contributed by atoms with Crippen LogP contribution >= 0.6 is 0 Å². The van der Waals surface area contributed by atoms with Crippen LogP contribution in [0.5, 0.6) is 0 Å². The first-order valence-corrected chi connectivity index (χ1v) is 14.7. The maximum Gasteiger partial charge on any atom is 0.409 e. The van der Waals surface area contributed by atoms with Gasteiger partial charge in [-0.1, -0.05) is 30.4 Å². The predicted molar refractivity (Wildman–Crippen MR) is 149 cm³/mol. The third-order valence-corrected chi connectivity index (χ3v) is 8.13. The highest BCUT2D eigenvalue weighted by Crippen LogP contribution is 2.52. The minimum atomic E-state index is -0.844. The summed E-state index contributed by atoms with van der Waals surface area (Å²) in [5, 5.41) is 0.573. The van der Waals surface area contributed by atoms with E-state index in [0.29, 0.717) is 18.2 Å². The van der Waals surface area contributed by atoms with E-state index in [4.69, 9.17) is 23.8 Å². The Kier molecular flexibility index (Phi) is 10.3. The van der Waals surface area contributed by atoms with Crippen LogP contribution in [0.25, 0.3) is 0 Å². The third-order valence-electron chi connectivity index (χ3n) is 8.13. The number of imide groups is 1.